The summed E-state index contributed by atoms with van der Waals surface area (Å²) >= 11 is 7.39. The molecule has 0 saturated carbocycles. The first kappa shape index (κ1) is 14.0. The van der Waals surface area contributed by atoms with Crippen molar-refractivity contribution < 1.29 is 14.7 Å². The predicted octanol–water partition coefficient (Wildman–Crippen LogP) is 2.64. The molecular weight excluding hydrogens is 288 g/mol. The Morgan fingerprint density at radius 3 is 2.89 bits per heavy atom. The quantitative estimate of drug-likeness (QED) is 0.881. The van der Waals surface area contributed by atoms with Crippen molar-refractivity contribution in [2.75, 3.05) is 16.9 Å². The fourth-order valence-electron chi connectivity index (χ4n) is 1.71. The monoisotopic (exact) mass is 300 g/mol. The van der Waals surface area contributed by atoms with Gasteiger partial charge in [0.2, 0.25) is 0 Å². The Morgan fingerprint density at radius 1 is 1.53 bits per heavy atom. The number of nitrogens with zero attached hydrogens (tertiary/aromatic N) is 1. The Kier molecular flexibility index (Phi) is 4.21. The third kappa shape index (κ3) is 3.13. The van der Waals surface area contributed by atoms with E-state index in [2.05, 4.69) is 5.32 Å². The molecule has 2 N–H and O–H groups in total. The topological polar surface area (TPSA) is 69.6 Å². The Morgan fingerprint density at radius 2 is 2.26 bits per heavy atom. The third-order valence-electron chi connectivity index (χ3n) is 2.85. The van der Waals surface area contributed by atoms with Gasteiger partial charge in [0, 0.05) is 16.5 Å². The Labute approximate surface area is 119 Å². The van der Waals surface area contributed by atoms with E-state index in [0.29, 0.717) is 22.3 Å². The highest BCUT2D eigenvalue weighted by Gasteiger charge is 2.34. The molecule has 7 heteroatoms. The number of aliphatic carboxylic acids is 1. The van der Waals surface area contributed by atoms with Crippen LogP contribution in [0, 0.1) is 6.92 Å². The van der Waals surface area contributed by atoms with Crippen LogP contribution in [-0.2, 0) is 4.79 Å². The van der Waals surface area contributed by atoms with Gasteiger partial charge in [0.1, 0.15) is 6.04 Å². The summed E-state index contributed by atoms with van der Waals surface area (Å²) in [6, 6.07) is 3.99. The van der Waals surface area contributed by atoms with Crippen molar-refractivity contribution in [1.29, 1.82) is 0 Å². The number of carbonyl (C=O) groups is 2. The number of nitrogens with one attached hydrogen (secondary N) is 1. The zero-order valence-electron chi connectivity index (χ0n) is 10.2. The first-order valence-electron chi connectivity index (χ1n) is 5.63. The molecule has 0 aromatic heterocycles. The van der Waals surface area contributed by atoms with Gasteiger partial charge in [-0.2, -0.15) is 0 Å². The number of carboxylic acids is 1. The molecule has 2 rings (SSSR count). The fourth-order valence-corrected chi connectivity index (χ4v) is 3.04. The van der Waals surface area contributed by atoms with Crippen LogP contribution in [0.15, 0.2) is 18.2 Å². The molecule has 2 amide bonds. The first-order chi connectivity index (χ1) is 8.99. The number of carbonyl (C=O) groups excluding carboxylic acids is 1. The molecular formula is C12H13ClN2O3S. The number of urea groups is 1. The SMILES string of the molecule is Cc1ccc(NC(=O)N2CSC[C@H]2C(=O)O)cc1Cl. The van der Waals surface area contributed by atoms with Gasteiger partial charge in [-0.3, -0.25) is 0 Å². The summed E-state index contributed by atoms with van der Waals surface area (Å²) in [5, 5.41) is 12.2. The highest BCUT2D eigenvalue weighted by molar-refractivity contribution is 7.99. The molecule has 1 aromatic carbocycles. The van der Waals surface area contributed by atoms with Gasteiger partial charge in [-0.15, -0.1) is 11.8 Å². The van der Waals surface area contributed by atoms with E-state index < -0.39 is 18.0 Å². The molecule has 1 heterocycles. The van der Waals surface area contributed by atoms with Crippen molar-refractivity contribution >= 4 is 41.1 Å². The van der Waals surface area contributed by atoms with Gasteiger partial charge in [-0.25, -0.2) is 9.59 Å². The van der Waals surface area contributed by atoms with Crippen LogP contribution in [0.4, 0.5) is 10.5 Å². The number of hydrogen-bond acceptors (Lipinski definition) is 3. The summed E-state index contributed by atoms with van der Waals surface area (Å²) in [6.45, 7) is 1.87. The fraction of sp³-hybridized carbons (Fsp3) is 0.333. The molecule has 0 bridgehead atoms. The number of thioether (sulfide) groups is 1. The molecule has 19 heavy (non-hydrogen) atoms. The zero-order chi connectivity index (χ0) is 14.0. The maximum absolute atomic E-state index is 12.0. The number of benzene rings is 1. The molecule has 1 saturated heterocycles. The Balaban J connectivity index is 2.08. The van der Waals surface area contributed by atoms with Gasteiger partial charge >= 0.3 is 12.0 Å². The van der Waals surface area contributed by atoms with Crippen LogP contribution in [0.5, 0.6) is 0 Å². The lowest BCUT2D eigenvalue weighted by molar-refractivity contribution is -0.140. The number of halogens is 1. The average Bonchev–Trinajstić information content (AvgIpc) is 2.83. The van der Waals surface area contributed by atoms with Crippen LogP contribution >= 0.6 is 23.4 Å². The summed E-state index contributed by atoms with van der Waals surface area (Å²) < 4.78 is 0. The summed E-state index contributed by atoms with van der Waals surface area (Å²) in [4.78, 5) is 24.3. The van der Waals surface area contributed by atoms with Crippen LogP contribution in [0.25, 0.3) is 0 Å². The molecule has 1 aromatic rings. The maximum Gasteiger partial charge on any atom is 0.327 e. The minimum absolute atomic E-state index is 0.377. The minimum Gasteiger partial charge on any atom is -0.480 e. The Hall–Kier alpha value is -1.40. The van der Waals surface area contributed by atoms with Crippen molar-refractivity contribution in [3.8, 4) is 0 Å². The van der Waals surface area contributed by atoms with Crippen molar-refractivity contribution in [1.82, 2.24) is 4.90 Å². The summed E-state index contributed by atoms with van der Waals surface area (Å²) in [7, 11) is 0. The zero-order valence-corrected chi connectivity index (χ0v) is 11.8. The largest absolute Gasteiger partial charge is 0.480 e. The van der Waals surface area contributed by atoms with Crippen molar-refractivity contribution in [3.05, 3.63) is 28.8 Å². The van der Waals surface area contributed by atoms with Crippen LogP contribution in [0.1, 0.15) is 5.56 Å². The minimum atomic E-state index is -0.984. The second-order valence-electron chi connectivity index (χ2n) is 4.22. The second kappa shape index (κ2) is 5.71. The third-order valence-corrected chi connectivity index (χ3v) is 4.27. The van der Waals surface area contributed by atoms with Crippen molar-refractivity contribution in [3.63, 3.8) is 0 Å². The van der Waals surface area contributed by atoms with Crippen LogP contribution in [0.2, 0.25) is 5.02 Å². The molecule has 0 spiro atoms. The standard InChI is InChI=1S/C12H13ClN2O3S/c1-7-2-3-8(4-9(7)13)14-12(18)15-6-19-5-10(15)11(16)17/h2-4,10H,5-6H2,1H3,(H,14,18)(H,16,17)/t10-/m0/s1. The van der Waals surface area contributed by atoms with E-state index in [0.717, 1.165) is 5.56 Å². The molecule has 0 unspecified atom stereocenters. The number of aryl methyl sites for hydroxylation is 1. The maximum atomic E-state index is 12.0. The highest BCUT2D eigenvalue weighted by Crippen LogP contribution is 2.24. The molecule has 0 radical (unpaired) electrons. The number of carboxylic acid groups (broad SMARTS) is 1. The van der Waals surface area contributed by atoms with Gasteiger partial charge < -0.3 is 15.3 Å². The van der Waals surface area contributed by atoms with Gasteiger partial charge in [-0.05, 0) is 24.6 Å². The number of rotatable bonds is 2. The highest BCUT2D eigenvalue weighted by atomic mass is 35.5. The van der Waals surface area contributed by atoms with E-state index >= 15 is 0 Å². The number of anilines is 1. The van der Waals surface area contributed by atoms with Crippen molar-refractivity contribution in [2.45, 2.75) is 13.0 Å². The molecule has 0 aliphatic carbocycles. The van der Waals surface area contributed by atoms with E-state index in [4.69, 9.17) is 16.7 Å². The normalized spacial score (nSPS) is 18.4. The molecule has 1 aliphatic heterocycles. The molecule has 5 nitrogen and oxygen atoms in total. The molecule has 1 atom stereocenters. The lowest BCUT2D eigenvalue weighted by atomic mass is 10.2. The van der Waals surface area contributed by atoms with Gasteiger partial charge in [0.25, 0.3) is 0 Å². The van der Waals surface area contributed by atoms with Crippen LogP contribution < -0.4 is 5.32 Å². The predicted molar refractivity (Wildman–Crippen MR) is 75.8 cm³/mol. The van der Waals surface area contributed by atoms with E-state index in [1.807, 2.05) is 6.92 Å². The average molecular weight is 301 g/mol. The van der Waals surface area contributed by atoms with Gasteiger partial charge in [0.05, 0.1) is 5.88 Å². The van der Waals surface area contributed by atoms with Crippen LogP contribution in [0.3, 0.4) is 0 Å². The smallest absolute Gasteiger partial charge is 0.327 e. The Bertz CT molecular complexity index is 524. The van der Waals surface area contributed by atoms with Crippen LogP contribution in [-0.4, -0.2) is 39.7 Å². The summed E-state index contributed by atoms with van der Waals surface area (Å²) in [5.41, 5.74) is 1.47. The second-order valence-corrected chi connectivity index (χ2v) is 5.62. The molecule has 1 fully saturated rings. The summed E-state index contributed by atoms with van der Waals surface area (Å²) in [6.07, 6.45) is 0. The van der Waals surface area contributed by atoms with E-state index in [1.54, 1.807) is 18.2 Å². The number of hydrogen-bond donors (Lipinski definition) is 2. The molecule has 1 aliphatic rings. The lowest BCUT2D eigenvalue weighted by Gasteiger charge is -2.21. The van der Waals surface area contributed by atoms with Crippen molar-refractivity contribution in [2.24, 2.45) is 0 Å². The van der Waals surface area contributed by atoms with E-state index in [1.165, 1.54) is 16.7 Å². The van der Waals surface area contributed by atoms with Gasteiger partial charge in [0.15, 0.2) is 0 Å². The first-order valence-corrected chi connectivity index (χ1v) is 7.16. The van der Waals surface area contributed by atoms with E-state index in [9.17, 15) is 9.59 Å². The van der Waals surface area contributed by atoms with E-state index in [-0.39, 0.29) is 0 Å². The molecule has 102 valence electrons. The lowest BCUT2D eigenvalue weighted by Crippen LogP contribution is -2.43. The van der Waals surface area contributed by atoms with Gasteiger partial charge in [-0.1, -0.05) is 17.7 Å². The number of amides is 2. The summed E-state index contributed by atoms with van der Waals surface area (Å²) in [5.74, 6) is -0.193.